The van der Waals surface area contributed by atoms with Crippen LogP contribution in [-0.4, -0.2) is 112 Å². The molecule has 3 aliphatic heterocycles. The van der Waals surface area contributed by atoms with Crippen molar-refractivity contribution in [2.45, 2.75) is 148 Å². The Hall–Kier alpha value is -2.63. The Kier molecular flexibility index (Phi) is 18.0. The first kappa shape index (κ1) is 48.0. The van der Waals surface area contributed by atoms with E-state index in [0.29, 0.717) is 63.1 Å². The number of hydrogen-bond acceptors (Lipinski definition) is 12. The van der Waals surface area contributed by atoms with Gasteiger partial charge in [0.15, 0.2) is 0 Å². The first-order chi connectivity index (χ1) is 27.5. The van der Waals surface area contributed by atoms with Gasteiger partial charge in [0.1, 0.15) is 24.7 Å². The third kappa shape index (κ3) is 11.4. The van der Waals surface area contributed by atoms with E-state index in [0.717, 1.165) is 16.2 Å². The summed E-state index contributed by atoms with van der Waals surface area (Å²) in [5.74, 6) is -9.35. The van der Waals surface area contributed by atoms with E-state index >= 15 is 0 Å². The maximum Gasteiger partial charge on any atom is 0.329 e. The molecule has 0 aromatic rings. The molecule has 0 aromatic carbocycles. The summed E-state index contributed by atoms with van der Waals surface area (Å²) >= 11 is 1.94. The molecular weight excluding hydrogens is 859 g/mol. The fourth-order valence-electron chi connectivity index (χ4n) is 9.57. The molecule has 14 heteroatoms. The number of carbonyl (C=O) groups excluding carboxylic acids is 5. The van der Waals surface area contributed by atoms with E-state index < -0.39 is 77.6 Å². The van der Waals surface area contributed by atoms with Crippen LogP contribution in [0.5, 0.6) is 0 Å². The molecule has 2 saturated heterocycles. The standard InChI is InChI=1S/C44H65IN2O11/c1-8-11-31-17-25(2)16-26(3)18-32(23-48)40-33(24-49)20-28(5)44(55,58-40)41(52)42(53)47-15-10-9-12-35(47)43(54)57-39(29(6)37(51)22-34(31)46-45)27(4)19-30-13-14-36(50)38(21-30)56-7/h8,17,19,23-24,26,28-33,35-40,50-51,55H,1,9-16,18,20-22H2,2-7H3/b25-17+,27-19+,46-34?/t26-,28+,29+,30-,31+,32+,33+,35-,36+,37-,38+,39+,40+,44+/m0/s1. The Morgan fingerprint density at radius 3 is 2.36 bits per heavy atom. The van der Waals surface area contributed by atoms with Crippen molar-refractivity contribution < 1.29 is 53.5 Å². The van der Waals surface area contributed by atoms with Crippen LogP contribution in [0.3, 0.4) is 0 Å². The van der Waals surface area contributed by atoms with Gasteiger partial charge in [-0.2, -0.15) is 0 Å². The number of piperidine rings is 1. The van der Waals surface area contributed by atoms with Crippen LogP contribution in [0.4, 0.5) is 0 Å². The van der Waals surface area contributed by atoms with Gasteiger partial charge in [0.05, 0.1) is 47.3 Å². The highest BCUT2D eigenvalue weighted by Crippen LogP contribution is 2.41. The van der Waals surface area contributed by atoms with Crippen molar-refractivity contribution in [1.29, 1.82) is 0 Å². The van der Waals surface area contributed by atoms with Gasteiger partial charge in [-0.1, -0.05) is 44.6 Å². The number of allylic oxidation sites excluding steroid dienone is 4. The number of esters is 1. The van der Waals surface area contributed by atoms with Crippen molar-refractivity contribution >= 4 is 58.8 Å². The Morgan fingerprint density at radius 1 is 1.03 bits per heavy atom. The number of hydrogen-bond donors (Lipinski definition) is 3. The maximum absolute atomic E-state index is 14.4. The van der Waals surface area contributed by atoms with Crippen molar-refractivity contribution in [3.63, 3.8) is 0 Å². The number of aliphatic hydroxyl groups is 3. The molecule has 1 saturated carbocycles. The highest BCUT2D eigenvalue weighted by molar-refractivity contribution is 14.1. The van der Waals surface area contributed by atoms with E-state index in [4.69, 9.17) is 14.2 Å². The average Bonchev–Trinajstić information content (AvgIpc) is 3.20. The van der Waals surface area contributed by atoms with E-state index in [1.807, 2.05) is 56.6 Å². The van der Waals surface area contributed by atoms with E-state index in [1.54, 1.807) is 13.2 Å². The predicted molar refractivity (Wildman–Crippen MR) is 227 cm³/mol. The molecule has 3 N–H and O–H groups in total. The van der Waals surface area contributed by atoms with Gasteiger partial charge in [0.25, 0.3) is 11.7 Å². The quantitative estimate of drug-likeness (QED) is 0.0967. The number of fused-ring (bicyclic) bond motifs is 3. The van der Waals surface area contributed by atoms with Gasteiger partial charge in [-0.15, -0.1) is 6.58 Å². The van der Waals surface area contributed by atoms with Crippen LogP contribution in [-0.2, 0) is 38.2 Å². The summed E-state index contributed by atoms with van der Waals surface area (Å²) in [6.45, 7) is 13.1. The minimum absolute atomic E-state index is 0.00513. The number of amides is 1. The van der Waals surface area contributed by atoms with Crippen LogP contribution in [0, 0.1) is 41.4 Å². The molecule has 4 aliphatic rings. The maximum atomic E-state index is 14.4. The molecule has 0 unspecified atom stereocenters. The molecular formula is C44H65IN2O11. The first-order valence-corrected chi connectivity index (χ1v) is 21.9. The van der Waals surface area contributed by atoms with Crippen molar-refractivity contribution in [2.24, 2.45) is 44.6 Å². The summed E-state index contributed by atoms with van der Waals surface area (Å²) in [6, 6.07) is -1.16. The number of rotatable bonds is 7. The second kappa shape index (κ2) is 21.8. The molecule has 1 aliphatic carbocycles. The van der Waals surface area contributed by atoms with Gasteiger partial charge in [-0.05, 0) is 95.5 Å². The highest BCUT2D eigenvalue weighted by Gasteiger charge is 2.56. The summed E-state index contributed by atoms with van der Waals surface area (Å²) in [6.07, 6.45) is 7.88. The Bertz CT molecular complexity index is 1580. The average molecular weight is 925 g/mol. The number of cyclic esters (lactones) is 1. The van der Waals surface area contributed by atoms with Crippen molar-refractivity contribution in [3.05, 3.63) is 36.0 Å². The van der Waals surface area contributed by atoms with E-state index in [2.05, 4.69) is 15.9 Å². The smallest absolute Gasteiger partial charge is 0.329 e. The van der Waals surface area contributed by atoms with Crippen LogP contribution >= 0.6 is 22.9 Å². The summed E-state index contributed by atoms with van der Waals surface area (Å²) < 4.78 is 22.5. The number of ether oxygens (including phenoxy) is 3. The van der Waals surface area contributed by atoms with Crippen LogP contribution in [0.1, 0.15) is 105 Å². The lowest BCUT2D eigenvalue weighted by molar-refractivity contribution is -0.278. The number of methoxy groups -OCH3 is 1. The van der Waals surface area contributed by atoms with Crippen molar-refractivity contribution in [2.75, 3.05) is 13.7 Å². The van der Waals surface area contributed by atoms with Gasteiger partial charge in [0.2, 0.25) is 5.79 Å². The molecule has 4 rings (SSSR count). The molecule has 0 aromatic heterocycles. The zero-order chi connectivity index (χ0) is 42.9. The third-order valence-electron chi connectivity index (χ3n) is 12.9. The number of carbonyl (C=O) groups is 5. The molecule has 2 bridgehead atoms. The molecule has 13 nitrogen and oxygen atoms in total. The molecule has 3 heterocycles. The zero-order valence-corrected chi connectivity index (χ0v) is 37.1. The van der Waals surface area contributed by atoms with Crippen LogP contribution in [0.15, 0.2) is 39.2 Å². The fraction of sp³-hybridized carbons (Fsp3) is 0.727. The van der Waals surface area contributed by atoms with Crippen LogP contribution in [0.2, 0.25) is 0 Å². The van der Waals surface area contributed by atoms with Gasteiger partial charge >= 0.3 is 5.97 Å². The van der Waals surface area contributed by atoms with Crippen LogP contribution < -0.4 is 0 Å². The second-order valence-corrected chi connectivity index (χ2v) is 17.9. The van der Waals surface area contributed by atoms with E-state index in [9.17, 15) is 39.3 Å². The molecule has 1 amide bonds. The van der Waals surface area contributed by atoms with Crippen molar-refractivity contribution in [3.8, 4) is 0 Å². The van der Waals surface area contributed by atoms with Gasteiger partial charge in [-0.3, -0.25) is 9.59 Å². The molecule has 0 spiro atoms. The second-order valence-electron chi connectivity index (χ2n) is 17.4. The normalized spacial score (nSPS) is 41.0. The summed E-state index contributed by atoms with van der Waals surface area (Å²) in [7, 11) is 1.57. The summed E-state index contributed by atoms with van der Waals surface area (Å²) in [5, 5.41) is 34.3. The number of ketones is 1. The van der Waals surface area contributed by atoms with Crippen LogP contribution in [0.25, 0.3) is 0 Å². The van der Waals surface area contributed by atoms with Gasteiger partial charge < -0.3 is 44.0 Å². The first-order valence-electron chi connectivity index (χ1n) is 20.9. The van der Waals surface area contributed by atoms with Crippen molar-refractivity contribution in [1.82, 2.24) is 4.90 Å². The molecule has 3 fully saturated rings. The molecule has 0 radical (unpaired) electrons. The number of Topliss-reactive ketones (excluding diaryl/α,β-unsaturated/α-hetero) is 1. The number of nitrogens with zero attached hydrogens (tertiary/aromatic N) is 2. The monoisotopic (exact) mass is 924 g/mol. The lowest BCUT2D eigenvalue weighted by Crippen LogP contribution is -2.63. The van der Waals surface area contributed by atoms with Gasteiger partial charge in [0, 0.05) is 55.4 Å². The highest BCUT2D eigenvalue weighted by atomic mass is 127. The number of aliphatic hydroxyl groups excluding tert-OH is 2. The summed E-state index contributed by atoms with van der Waals surface area (Å²) in [5.41, 5.74) is 2.42. The zero-order valence-electron chi connectivity index (χ0n) is 35.0. The third-order valence-corrected chi connectivity index (χ3v) is 13.6. The Morgan fingerprint density at radius 2 is 1.72 bits per heavy atom. The predicted octanol–water partition coefficient (Wildman–Crippen LogP) is 5.46. The topological polar surface area (TPSA) is 189 Å². The lowest BCUT2D eigenvalue weighted by atomic mass is 9.75. The fourth-order valence-corrected chi connectivity index (χ4v) is 10.1. The van der Waals surface area contributed by atoms with Gasteiger partial charge in [-0.25, -0.2) is 8.00 Å². The Balaban J connectivity index is 1.81. The minimum atomic E-state index is -2.65. The molecule has 58 heavy (non-hydrogen) atoms. The molecule has 324 valence electrons. The number of halogens is 1. The van der Waals surface area contributed by atoms with E-state index in [1.165, 1.54) is 6.92 Å². The Labute approximate surface area is 357 Å². The number of aldehydes is 2. The van der Waals surface area contributed by atoms with E-state index in [-0.39, 0.29) is 56.1 Å². The lowest BCUT2D eigenvalue weighted by Gasteiger charge is -2.45. The summed E-state index contributed by atoms with van der Waals surface area (Å²) in [4.78, 5) is 68.9. The molecule has 14 atom stereocenters. The largest absolute Gasteiger partial charge is 0.456 e. The SMILES string of the molecule is C=CC[C@@H]1/C=C(\C)C[C@H](C)C[C@H](C=O)[C@H]2O[C@@](O)(C(=O)C(=O)N3CCCC[C@H]3C(=O)O[C@H](/C(C)=C/[C@@H]3CC[C@@H](O)[C@H](OC)C3)[C@H](C)[C@@H](O)CC1=NI)[C@H](C)C[C@@H]2C=O. The minimum Gasteiger partial charge on any atom is -0.456 e.